The van der Waals surface area contributed by atoms with Crippen LogP contribution in [0.25, 0.3) is 6.08 Å². The van der Waals surface area contributed by atoms with Crippen LogP contribution in [0.15, 0.2) is 17.7 Å². The number of nitrogens with zero attached hydrogens (tertiary/aromatic N) is 1. The second-order valence-electron chi connectivity index (χ2n) is 7.66. The van der Waals surface area contributed by atoms with Crippen molar-refractivity contribution in [1.82, 2.24) is 10.2 Å². The molecule has 1 aromatic carbocycles. The molecule has 7 nitrogen and oxygen atoms in total. The van der Waals surface area contributed by atoms with Crippen LogP contribution in [-0.4, -0.2) is 42.0 Å². The summed E-state index contributed by atoms with van der Waals surface area (Å²) >= 11 is 2.15. The van der Waals surface area contributed by atoms with E-state index in [-0.39, 0.29) is 17.7 Å². The monoisotopic (exact) mass is 526 g/mol. The second kappa shape index (κ2) is 9.80. The summed E-state index contributed by atoms with van der Waals surface area (Å²) in [5.41, 5.74) is 0.581. The van der Waals surface area contributed by atoms with Crippen LogP contribution in [-0.2, 0) is 9.59 Å². The average Bonchev–Trinajstić information content (AvgIpc) is 2.73. The van der Waals surface area contributed by atoms with Crippen molar-refractivity contribution in [3.63, 3.8) is 0 Å². The molecule has 4 amide bonds. The van der Waals surface area contributed by atoms with Gasteiger partial charge in [0.1, 0.15) is 5.57 Å². The zero-order valence-corrected chi connectivity index (χ0v) is 19.7. The van der Waals surface area contributed by atoms with Crippen LogP contribution in [0.5, 0.6) is 11.5 Å². The molecule has 1 aliphatic heterocycles. The van der Waals surface area contributed by atoms with E-state index in [0.717, 1.165) is 42.1 Å². The standard InChI is InChI=1S/C22H27IN2O5/c1-4-13(2)30-19-17(23)11-14(12-18(19)29-3)10-16-20(26)24-22(28)25(21(16)27)15-8-6-5-7-9-15/h10-13,15H,4-9H2,1-3H3,(H,24,26,28)/b16-10-. The molecule has 2 aliphatic rings. The number of benzene rings is 1. The van der Waals surface area contributed by atoms with Gasteiger partial charge in [-0.05, 0) is 72.5 Å². The van der Waals surface area contributed by atoms with E-state index in [1.165, 1.54) is 11.0 Å². The number of barbiturate groups is 1. The summed E-state index contributed by atoms with van der Waals surface area (Å²) in [6.45, 7) is 4.02. The molecule has 2 fully saturated rings. The molecule has 0 radical (unpaired) electrons. The molecule has 8 heteroatoms. The average molecular weight is 526 g/mol. The summed E-state index contributed by atoms with van der Waals surface area (Å²) in [7, 11) is 1.55. The van der Waals surface area contributed by atoms with Crippen molar-refractivity contribution in [3.8, 4) is 11.5 Å². The number of carbonyl (C=O) groups excluding carboxylic acids is 3. The van der Waals surface area contributed by atoms with E-state index in [2.05, 4.69) is 27.9 Å². The van der Waals surface area contributed by atoms with Gasteiger partial charge in [0.2, 0.25) is 0 Å². The summed E-state index contributed by atoms with van der Waals surface area (Å²) in [6, 6.07) is 2.77. The minimum Gasteiger partial charge on any atom is -0.493 e. The maximum Gasteiger partial charge on any atom is 0.331 e. The van der Waals surface area contributed by atoms with E-state index >= 15 is 0 Å². The van der Waals surface area contributed by atoms with Gasteiger partial charge in [-0.25, -0.2) is 4.79 Å². The molecule has 1 aliphatic carbocycles. The first-order chi connectivity index (χ1) is 14.3. The van der Waals surface area contributed by atoms with Gasteiger partial charge in [0.25, 0.3) is 11.8 Å². The summed E-state index contributed by atoms with van der Waals surface area (Å²) in [5, 5.41) is 2.32. The molecular weight excluding hydrogens is 499 g/mol. The molecule has 1 atom stereocenters. The number of methoxy groups -OCH3 is 1. The Bertz CT molecular complexity index is 877. The van der Waals surface area contributed by atoms with E-state index < -0.39 is 17.8 Å². The van der Waals surface area contributed by atoms with Crippen molar-refractivity contribution < 1.29 is 23.9 Å². The molecule has 1 saturated carbocycles. The number of halogens is 1. The summed E-state index contributed by atoms with van der Waals surface area (Å²) < 4.78 is 12.2. The third kappa shape index (κ3) is 4.79. The number of imide groups is 2. The molecule has 1 aromatic rings. The smallest absolute Gasteiger partial charge is 0.331 e. The Morgan fingerprint density at radius 1 is 1.23 bits per heavy atom. The highest BCUT2D eigenvalue weighted by atomic mass is 127. The van der Waals surface area contributed by atoms with E-state index in [1.54, 1.807) is 13.2 Å². The van der Waals surface area contributed by atoms with E-state index in [0.29, 0.717) is 17.1 Å². The highest BCUT2D eigenvalue weighted by molar-refractivity contribution is 14.1. The Hall–Kier alpha value is -2.10. The first-order valence-corrected chi connectivity index (χ1v) is 11.4. The minimum atomic E-state index is -0.675. The Balaban J connectivity index is 1.94. The van der Waals surface area contributed by atoms with Gasteiger partial charge in [-0.1, -0.05) is 26.2 Å². The zero-order valence-electron chi connectivity index (χ0n) is 17.5. The lowest BCUT2D eigenvalue weighted by atomic mass is 9.93. The third-order valence-electron chi connectivity index (χ3n) is 5.53. The number of hydrogen-bond donors (Lipinski definition) is 1. The van der Waals surface area contributed by atoms with Crippen LogP contribution in [0.4, 0.5) is 4.79 Å². The zero-order chi connectivity index (χ0) is 21.8. The molecule has 1 unspecified atom stereocenters. The van der Waals surface area contributed by atoms with Gasteiger partial charge in [-0.3, -0.25) is 19.8 Å². The summed E-state index contributed by atoms with van der Waals surface area (Å²) in [4.78, 5) is 39.1. The fourth-order valence-corrected chi connectivity index (χ4v) is 4.48. The molecular formula is C22H27IN2O5. The molecule has 30 heavy (non-hydrogen) atoms. The van der Waals surface area contributed by atoms with E-state index in [4.69, 9.17) is 9.47 Å². The molecule has 0 bridgehead atoms. The van der Waals surface area contributed by atoms with Gasteiger partial charge in [-0.2, -0.15) is 0 Å². The van der Waals surface area contributed by atoms with Gasteiger partial charge in [0.05, 0.1) is 16.8 Å². The van der Waals surface area contributed by atoms with Crippen molar-refractivity contribution in [1.29, 1.82) is 0 Å². The normalized spacial score (nSPS) is 20.3. The van der Waals surface area contributed by atoms with Crippen molar-refractivity contribution in [2.24, 2.45) is 0 Å². The molecule has 0 spiro atoms. The minimum absolute atomic E-state index is 0.0254. The van der Waals surface area contributed by atoms with Crippen molar-refractivity contribution in [2.75, 3.05) is 7.11 Å². The molecule has 1 heterocycles. The maximum atomic E-state index is 13.1. The Morgan fingerprint density at radius 2 is 1.93 bits per heavy atom. The van der Waals surface area contributed by atoms with Crippen molar-refractivity contribution in [3.05, 3.63) is 26.8 Å². The van der Waals surface area contributed by atoms with Gasteiger partial charge in [0, 0.05) is 6.04 Å². The van der Waals surface area contributed by atoms with Crippen molar-refractivity contribution in [2.45, 2.75) is 64.5 Å². The van der Waals surface area contributed by atoms with Gasteiger partial charge in [0.15, 0.2) is 11.5 Å². The SMILES string of the molecule is CCC(C)Oc1c(I)cc(/C=C2/C(=O)NC(=O)N(C3CCCCC3)C2=O)cc1OC. The Morgan fingerprint density at radius 3 is 2.57 bits per heavy atom. The first-order valence-electron chi connectivity index (χ1n) is 10.3. The highest BCUT2D eigenvalue weighted by Crippen LogP contribution is 2.36. The molecule has 1 saturated heterocycles. The summed E-state index contributed by atoms with van der Waals surface area (Å²) in [6.07, 6.45) is 6.98. The van der Waals surface area contributed by atoms with Gasteiger partial charge < -0.3 is 9.47 Å². The molecule has 162 valence electrons. The Kier molecular flexibility index (Phi) is 7.38. The maximum absolute atomic E-state index is 13.1. The fourth-order valence-electron chi connectivity index (χ4n) is 3.73. The van der Waals surface area contributed by atoms with Crippen LogP contribution in [0.3, 0.4) is 0 Å². The van der Waals surface area contributed by atoms with Crippen LogP contribution in [0, 0.1) is 3.57 Å². The summed E-state index contributed by atoms with van der Waals surface area (Å²) in [5.74, 6) is -0.0542. The second-order valence-corrected chi connectivity index (χ2v) is 8.82. The van der Waals surface area contributed by atoms with E-state index in [9.17, 15) is 14.4 Å². The van der Waals surface area contributed by atoms with E-state index in [1.807, 2.05) is 19.9 Å². The number of hydrogen-bond acceptors (Lipinski definition) is 5. The predicted molar refractivity (Wildman–Crippen MR) is 121 cm³/mol. The van der Waals surface area contributed by atoms with Crippen LogP contribution in [0.1, 0.15) is 57.9 Å². The number of urea groups is 1. The third-order valence-corrected chi connectivity index (χ3v) is 6.33. The number of carbonyl (C=O) groups is 3. The van der Waals surface area contributed by atoms with Crippen LogP contribution >= 0.6 is 22.6 Å². The number of nitrogens with one attached hydrogen (secondary N) is 1. The quantitative estimate of drug-likeness (QED) is 0.340. The largest absolute Gasteiger partial charge is 0.493 e. The fraction of sp³-hybridized carbons (Fsp3) is 0.500. The van der Waals surface area contributed by atoms with Crippen molar-refractivity contribution >= 4 is 46.5 Å². The predicted octanol–water partition coefficient (Wildman–Crippen LogP) is 4.27. The number of amides is 4. The van der Waals surface area contributed by atoms with Gasteiger partial charge >= 0.3 is 6.03 Å². The number of rotatable bonds is 6. The topological polar surface area (TPSA) is 84.9 Å². The first kappa shape index (κ1) is 22.6. The molecule has 0 aromatic heterocycles. The van der Waals surface area contributed by atoms with Crippen LogP contribution in [0.2, 0.25) is 0 Å². The lowest BCUT2D eigenvalue weighted by Crippen LogP contribution is -2.58. The lowest BCUT2D eigenvalue weighted by molar-refractivity contribution is -0.132. The number of ether oxygens (including phenoxy) is 2. The molecule has 3 rings (SSSR count). The van der Waals surface area contributed by atoms with Gasteiger partial charge in [-0.15, -0.1) is 0 Å². The molecule has 1 N–H and O–H groups in total. The Labute approximate surface area is 190 Å². The highest BCUT2D eigenvalue weighted by Gasteiger charge is 2.40. The lowest BCUT2D eigenvalue weighted by Gasteiger charge is -2.35. The van der Waals surface area contributed by atoms with Crippen LogP contribution < -0.4 is 14.8 Å².